The molecular formula is C16H22O3. The molecule has 0 saturated carbocycles. The lowest BCUT2D eigenvalue weighted by atomic mass is 10.0. The summed E-state index contributed by atoms with van der Waals surface area (Å²) in [5.74, 6) is 0.327. The molecule has 3 heteroatoms. The highest BCUT2D eigenvalue weighted by molar-refractivity contribution is 5.95. The molecule has 0 heterocycles. The number of rotatable bonds is 9. The Balaban J connectivity index is 2.23. The van der Waals surface area contributed by atoms with Crippen LogP contribution in [0.4, 0.5) is 0 Å². The molecule has 0 bridgehead atoms. The van der Waals surface area contributed by atoms with Crippen LogP contribution in [-0.2, 0) is 9.53 Å². The molecule has 19 heavy (non-hydrogen) atoms. The number of hydrogen-bond donors (Lipinski definition) is 0. The predicted octanol–water partition coefficient (Wildman–Crippen LogP) is 3.42. The zero-order valence-electron chi connectivity index (χ0n) is 11.7. The van der Waals surface area contributed by atoms with E-state index in [-0.39, 0.29) is 17.7 Å². The van der Waals surface area contributed by atoms with Gasteiger partial charge in [-0.05, 0) is 19.8 Å². The molecule has 0 radical (unpaired) electrons. The van der Waals surface area contributed by atoms with Crippen molar-refractivity contribution >= 4 is 11.6 Å². The molecule has 1 aromatic rings. The van der Waals surface area contributed by atoms with E-state index in [4.69, 9.17) is 4.74 Å². The van der Waals surface area contributed by atoms with Crippen molar-refractivity contribution in [1.29, 1.82) is 0 Å². The molecule has 0 saturated heterocycles. The van der Waals surface area contributed by atoms with Crippen LogP contribution in [0.25, 0.3) is 0 Å². The predicted molar refractivity (Wildman–Crippen MR) is 75.3 cm³/mol. The number of ether oxygens (including phenoxy) is 1. The second-order valence-electron chi connectivity index (χ2n) is 4.80. The van der Waals surface area contributed by atoms with Gasteiger partial charge in [-0.15, -0.1) is 0 Å². The SMILES string of the molecule is COC(CCCCC(=O)c1ccccc1)CC(C)=O. The van der Waals surface area contributed by atoms with Gasteiger partial charge >= 0.3 is 0 Å². The summed E-state index contributed by atoms with van der Waals surface area (Å²) >= 11 is 0. The quantitative estimate of drug-likeness (QED) is 0.506. The highest BCUT2D eigenvalue weighted by Crippen LogP contribution is 2.12. The van der Waals surface area contributed by atoms with Crippen LogP contribution in [0.3, 0.4) is 0 Å². The largest absolute Gasteiger partial charge is 0.381 e. The van der Waals surface area contributed by atoms with Gasteiger partial charge in [-0.2, -0.15) is 0 Å². The average Bonchev–Trinajstić information content (AvgIpc) is 2.42. The molecule has 0 aliphatic carbocycles. The van der Waals surface area contributed by atoms with Gasteiger partial charge in [-0.3, -0.25) is 9.59 Å². The van der Waals surface area contributed by atoms with E-state index in [1.807, 2.05) is 30.3 Å². The van der Waals surface area contributed by atoms with Gasteiger partial charge in [0.25, 0.3) is 0 Å². The normalized spacial score (nSPS) is 12.1. The maximum atomic E-state index is 11.9. The smallest absolute Gasteiger partial charge is 0.162 e. The van der Waals surface area contributed by atoms with Crippen LogP contribution in [0.1, 0.15) is 49.4 Å². The Hall–Kier alpha value is -1.48. The fourth-order valence-electron chi connectivity index (χ4n) is 2.05. The highest BCUT2D eigenvalue weighted by atomic mass is 16.5. The Morgan fingerprint density at radius 2 is 1.84 bits per heavy atom. The third kappa shape index (κ3) is 6.30. The van der Waals surface area contributed by atoms with Gasteiger partial charge in [0.1, 0.15) is 5.78 Å². The van der Waals surface area contributed by atoms with Crippen molar-refractivity contribution in [2.75, 3.05) is 7.11 Å². The monoisotopic (exact) mass is 262 g/mol. The summed E-state index contributed by atoms with van der Waals surface area (Å²) in [5.41, 5.74) is 0.773. The van der Waals surface area contributed by atoms with E-state index in [1.165, 1.54) is 0 Å². The van der Waals surface area contributed by atoms with Crippen LogP contribution in [0.5, 0.6) is 0 Å². The summed E-state index contributed by atoms with van der Waals surface area (Å²) in [6.45, 7) is 1.57. The van der Waals surface area contributed by atoms with E-state index < -0.39 is 0 Å². The van der Waals surface area contributed by atoms with Gasteiger partial charge in [0.2, 0.25) is 0 Å². The van der Waals surface area contributed by atoms with Crippen LogP contribution in [0.2, 0.25) is 0 Å². The van der Waals surface area contributed by atoms with E-state index in [0.717, 1.165) is 24.8 Å². The molecule has 0 aromatic heterocycles. The number of unbranched alkanes of at least 4 members (excludes halogenated alkanes) is 1. The van der Waals surface area contributed by atoms with Gasteiger partial charge < -0.3 is 4.74 Å². The Morgan fingerprint density at radius 3 is 2.42 bits per heavy atom. The molecule has 1 aromatic carbocycles. The van der Waals surface area contributed by atoms with Crippen molar-refractivity contribution in [3.63, 3.8) is 0 Å². The maximum absolute atomic E-state index is 11.9. The molecule has 0 aliphatic heterocycles. The first-order valence-corrected chi connectivity index (χ1v) is 6.74. The van der Waals surface area contributed by atoms with Crippen LogP contribution in [0.15, 0.2) is 30.3 Å². The molecular weight excluding hydrogens is 240 g/mol. The molecule has 0 spiro atoms. The minimum Gasteiger partial charge on any atom is -0.381 e. The Labute approximate surface area is 115 Å². The number of carbonyl (C=O) groups is 2. The standard InChI is InChI=1S/C16H22O3/c1-13(17)12-15(19-2)10-6-7-11-16(18)14-8-4-3-5-9-14/h3-5,8-9,15H,6-7,10-12H2,1-2H3. The first kappa shape index (κ1) is 15.6. The Bertz CT molecular complexity index is 398. The number of Topliss-reactive ketones (excluding diaryl/α,β-unsaturated/α-hetero) is 2. The number of methoxy groups -OCH3 is 1. The molecule has 1 unspecified atom stereocenters. The minimum absolute atomic E-state index is 0.00988. The summed E-state index contributed by atoms with van der Waals surface area (Å²) in [5, 5.41) is 0. The summed E-state index contributed by atoms with van der Waals surface area (Å²) in [7, 11) is 1.63. The van der Waals surface area contributed by atoms with Crippen molar-refractivity contribution in [2.24, 2.45) is 0 Å². The zero-order chi connectivity index (χ0) is 14.1. The van der Waals surface area contributed by atoms with Gasteiger partial charge in [0.15, 0.2) is 5.78 Å². The summed E-state index contributed by atoms with van der Waals surface area (Å²) in [6.07, 6.45) is 3.59. The fourth-order valence-corrected chi connectivity index (χ4v) is 2.05. The molecule has 0 fully saturated rings. The number of hydrogen-bond acceptors (Lipinski definition) is 3. The van der Waals surface area contributed by atoms with E-state index in [1.54, 1.807) is 14.0 Å². The Morgan fingerprint density at radius 1 is 1.16 bits per heavy atom. The molecule has 0 N–H and O–H groups in total. The van der Waals surface area contributed by atoms with E-state index >= 15 is 0 Å². The molecule has 0 amide bonds. The van der Waals surface area contributed by atoms with Crippen molar-refractivity contribution in [2.45, 2.75) is 45.1 Å². The van der Waals surface area contributed by atoms with Gasteiger partial charge in [0, 0.05) is 25.5 Å². The average molecular weight is 262 g/mol. The second-order valence-corrected chi connectivity index (χ2v) is 4.80. The van der Waals surface area contributed by atoms with Crippen molar-refractivity contribution in [1.82, 2.24) is 0 Å². The van der Waals surface area contributed by atoms with E-state index in [2.05, 4.69) is 0 Å². The van der Waals surface area contributed by atoms with Crippen molar-refractivity contribution in [3.05, 3.63) is 35.9 Å². The summed E-state index contributed by atoms with van der Waals surface area (Å²) in [6, 6.07) is 9.34. The van der Waals surface area contributed by atoms with E-state index in [9.17, 15) is 9.59 Å². The van der Waals surface area contributed by atoms with Crippen LogP contribution in [0, 0.1) is 0 Å². The second kappa shape index (κ2) is 8.59. The third-order valence-corrected chi connectivity index (χ3v) is 3.12. The topological polar surface area (TPSA) is 43.4 Å². The lowest BCUT2D eigenvalue weighted by Crippen LogP contribution is -2.14. The van der Waals surface area contributed by atoms with Gasteiger partial charge in [-0.25, -0.2) is 0 Å². The molecule has 104 valence electrons. The zero-order valence-corrected chi connectivity index (χ0v) is 11.7. The first-order valence-electron chi connectivity index (χ1n) is 6.74. The summed E-state index contributed by atoms with van der Waals surface area (Å²) < 4.78 is 5.25. The lowest BCUT2D eigenvalue weighted by molar-refractivity contribution is -0.119. The van der Waals surface area contributed by atoms with Crippen LogP contribution >= 0.6 is 0 Å². The molecule has 0 aliphatic rings. The van der Waals surface area contributed by atoms with Crippen molar-refractivity contribution in [3.8, 4) is 0 Å². The molecule has 3 nitrogen and oxygen atoms in total. The maximum Gasteiger partial charge on any atom is 0.162 e. The summed E-state index contributed by atoms with van der Waals surface area (Å²) in [4.78, 5) is 22.9. The van der Waals surface area contributed by atoms with E-state index in [0.29, 0.717) is 12.8 Å². The van der Waals surface area contributed by atoms with Gasteiger partial charge in [0.05, 0.1) is 6.10 Å². The van der Waals surface area contributed by atoms with Crippen molar-refractivity contribution < 1.29 is 14.3 Å². The third-order valence-electron chi connectivity index (χ3n) is 3.12. The number of benzene rings is 1. The molecule has 1 atom stereocenters. The fraction of sp³-hybridized carbons (Fsp3) is 0.500. The van der Waals surface area contributed by atoms with Gasteiger partial charge in [-0.1, -0.05) is 36.8 Å². The lowest BCUT2D eigenvalue weighted by Gasteiger charge is -2.13. The van der Waals surface area contributed by atoms with Crippen LogP contribution < -0.4 is 0 Å². The number of ketones is 2. The first-order chi connectivity index (χ1) is 9.13. The number of carbonyl (C=O) groups excluding carboxylic acids is 2. The van der Waals surface area contributed by atoms with Crippen LogP contribution in [-0.4, -0.2) is 24.8 Å². The highest BCUT2D eigenvalue weighted by Gasteiger charge is 2.10. The minimum atomic E-state index is -0.00988. The Kier molecular flexibility index (Phi) is 7.04. The molecule has 1 rings (SSSR count).